The van der Waals surface area contributed by atoms with Crippen LogP contribution < -0.4 is 27.0 Å². The Morgan fingerprint density at radius 1 is 1.31 bits per heavy atom. The largest absolute Gasteiger partial charge is 0.390 e. The highest BCUT2D eigenvalue weighted by molar-refractivity contribution is 6.21. The Morgan fingerprint density at radius 2 is 2.08 bits per heavy atom. The van der Waals surface area contributed by atoms with Gasteiger partial charge in [0.2, 0.25) is 5.91 Å². The molecule has 1 aromatic carbocycles. The van der Waals surface area contributed by atoms with Crippen molar-refractivity contribution in [1.82, 2.24) is 30.0 Å². The van der Waals surface area contributed by atoms with Crippen LogP contribution in [0.5, 0.6) is 0 Å². The predicted molar refractivity (Wildman–Crippen MR) is 143 cm³/mol. The zero-order valence-corrected chi connectivity index (χ0v) is 22.4. The number of fused-ring (bicyclic) bond motifs is 1. The average molecular weight is 522 g/mol. The average Bonchev–Trinajstić information content (AvgIpc) is 3.06. The van der Waals surface area contributed by atoms with E-state index < -0.39 is 5.60 Å². The van der Waals surface area contributed by atoms with Crippen molar-refractivity contribution in [1.29, 1.82) is 0 Å². The summed E-state index contributed by atoms with van der Waals surface area (Å²) in [5.74, 6) is 0.434. The number of halogens is 1. The van der Waals surface area contributed by atoms with Crippen molar-refractivity contribution in [2.45, 2.75) is 70.0 Å². The molecule has 2 aromatic rings. The number of benzene rings is 1. The Kier molecular flexibility index (Phi) is 8.31. The zero-order chi connectivity index (χ0) is 26.0. The number of rotatable bonds is 8. The van der Waals surface area contributed by atoms with Gasteiger partial charge >= 0.3 is 5.69 Å². The van der Waals surface area contributed by atoms with Crippen LogP contribution in [-0.2, 0) is 18.4 Å². The molecule has 0 radical (unpaired) electrons. The smallest absolute Gasteiger partial charge is 0.328 e. The number of piperidine rings is 1. The van der Waals surface area contributed by atoms with E-state index in [2.05, 4.69) is 26.2 Å². The highest BCUT2D eigenvalue weighted by Crippen LogP contribution is 2.23. The fraction of sp³-hybridized carbons (Fsp3) is 0.680. The summed E-state index contributed by atoms with van der Waals surface area (Å²) in [5.41, 5.74) is 1.59. The molecule has 0 bridgehead atoms. The molecule has 2 aliphatic rings. The van der Waals surface area contributed by atoms with Crippen LogP contribution in [0, 0.1) is 5.92 Å². The first kappa shape index (κ1) is 26.9. The van der Waals surface area contributed by atoms with Crippen LogP contribution in [0.3, 0.4) is 0 Å². The predicted octanol–water partition coefficient (Wildman–Crippen LogP) is 1.17. The van der Waals surface area contributed by atoms with Gasteiger partial charge in [-0.3, -0.25) is 29.5 Å². The number of alkyl halides is 1. The molecule has 11 heteroatoms. The van der Waals surface area contributed by atoms with Gasteiger partial charge in [0.05, 0.1) is 28.2 Å². The molecule has 4 rings (SSSR count). The van der Waals surface area contributed by atoms with Gasteiger partial charge in [-0.2, -0.15) is 0 Å². The van der Waals surface area contributed by atoms with Crippen molar-refractivity contribution in [3.05, 3.63) is 28.7 Å². The lowest BCUT2D eigenvalue weighted by Crippen LogP contribution is -2.68. The minimum Gasteiger partial charge on any atom is -0.390 e. The highest BCUT2D eigenvalue weighted by atomic mass is 35.5. The number of nitrogens with one attached hydrogen (secondary N) is 4. The van der Waals surface area contributed by atoms with E-state index in [-0.39, 0.29) is 29.4 Å². The summed E-state index contributed by atoms with van der Waals surface area (Å²) in [7, 11) is 1.77. The Hall–Kier alpha value is -2.11. The molecule has 2 aliphatic heterocycles. The molecular formula is C25H40ClN7O3. The molecule has 1 aromatic heterocycles. The molecule has 4 atom stereocenters. The quantitative estimate of drug-likeness (QED) is 0.331. The molecule has 3 heterocycles. The van der Waals surface area contributed by atoms with Gasteiger partial charge in [-0.05, 0) is 57.2 Å². The van der Waals surface area contributed by atoms with Gasteiger partial charge in [0.1, 0.15) is 6.29 Å². The molecule has 2 fully saturated rings. The van der Waals surface area contributed by atoms with Gasteiger partial charge < -0.3 is 15.7 Å². The Morgan fingerprint density at radius 3 is 2.81 bits per heavy atom. The molecule has 0 spiro atoms. The third-order valence-corrected chi connectivity index (χ3v) is 7.58. The van der Waals surface area contributed by atoms with Gasteiger partial charge in [0.25, 0.3) is 0 Å². The van der Waals surface area contributed by atoms with Crippen LogP contribution in [0.2, 0.25) is 0 Å². The van der Waals surface area contributed by atoms with Gasteiger partial charge in [0, 0.05) is 52.4 Å². The van der Waals surface area contributed by atoms with Crippen LogP contribution in [0.4, 0.5) is 5.69 Å². The summed E-state index contributed by atoms with van der Waals surface area (Å²) in [6, 6.07) is 5.89. The van der Waals surface area contributed by atoms with Crippen molar-refractivity contribution in [3.8, 4) is 0 Å². The van der Waals surface area contributed by atoms with Crippen LogP contribution >= 0.6 is 11.6 Å². The second-order valence-corrected chi connectivity index (χ2v) is 11.4. The molecule has 4 unspecified atom stereocenters. The Balaban J connectivity index is 1.46. The topological polar surface area (TPSA) is 116 Å². The van der Waals surface area contributed by atoms with E-state index in [1.807, 2.05) is 18.2 Å². The number of hydrogen-bond donors (Lipinski definition) is 5. The number of nitrogens with zero attached hydrogens (tertiary/aromatic N) is 3. The van der Waals surface area contributed by atoms with Crippen LogP contribution in [0.15, 0.2) is 23.0 Å². The summed E-state index contributed by atoms with van der Waals surface area (Å²) in [4.78, 5) is 26.5. The van der Waals surface area contributed by atoms with Gasteiger partial charge in [-0.25, -0.2) is 4.79 Å². The normalized spacial score (nSPS) is 25.7. The monoisotopic (exact) mass is 521 g/mol. The minimum absolute atomic E-state index is 0.0103. The van der Waals surface area contributed by atoms with Gasteiger partial charge in [-0.15, -0.1) is 11.6 Å². The lowest BCUT2D eigenvalue weighted by atomic mass is 9.98. The van der Waals surface area contributed by atoms with Crippen LogP contribution in [-0.4, -0.2) is 74.7 Å². The molecule has 0 aliphatic carbocycles. The third-order valence-electron chi connectivity index (χ3n) is 7.18. The molecule has 1 amide bonds. The van der Waals surface area contributed by atoms with E-state index in [1.165, 1.54) is 0 Å². The molecule has 5 N–H and O–H groups in total. The summed E-state index contributed by atoms with van der Waals surface area (Å²) < 4.78 is 3.36. The van der Waals surface area contributed by atoms with E-state index in [1.54, 1.807) is 37.0 Å². The van der Waals surface area contributed by atoms with Crippen molar-refractivity contribution < 1.29 is 9.90 Å². The molecule has 2 saturated heterocycles. The second-order valence-electron chi connectivity index (χ2n) is 10.8. The Labute approximate surface area is 217 Å². The third kappa shape index (κ3) is 6.41. The molecular weight excluding hydrogens is 482 g/mol. The fourth-order valence-electron chi connectivity index (χ4n) is 5.11. The molecule has 0 saturated carbocycles. The van der Waals surface area contributed by atoms with E-state index in [4.69, 9.17) is 11.6 Å². The van der Waals surface area contributed by atoms with Crippen molar-refractivity contribution in [3.63, 3.8) is 0 Å². The van der Waals surface area contributed by atoms with Crippen molar-refractivity contribution in [2.24, 2.45) is 13.0 Å². The minimum atomic E-state index is -0.854. The molecule has 10 nitrogen and oxygen atoms in total. The zero-order valence-electron chi connectivity index (χ0n) is 21.7. The highest BCUT2D eigenvalue weighted by Gasteiger charge is 2.33. The van der Waals surface area contributed by atoms with E-state index in [0.29, 0.717) is 32.0 Å². The summed E-state index contributed by atoms with van der Waals surface area (Å²) in [5, 5.41) is 23.6. The van der Waals surface area contributed by atoms with Crippen molar-refractivity contribution in [2.75, 3.05) is 31.5 Å². The number of aryl methyl sites for hydroxylation is 2. The number of anilines is 1. The number of aliphatic hydroxyl groups is 1. The van der Waals surface area contributed by atoms with Gasteiger partial charge in [-0.1, -0.05) is 0 Å². The first-order valence-corrected chi connectivity index (χ1v) is 13.3. The Bertz CT molecular complexity index is 1130. The number of hydrogen-bond acceptors (Lipinski definition) is 7. The van der Waals surface area contributed by atoms with Crippen LogP contribution in [0.1, 0.15) is 40.0 Å². The number of imidazole rings is 1. The van der Waals surface area contributed by atoms with Crippen LogP contribution in [0.25, 0.3) is 11.0 Å². The van der Waals surface area contributed by atoms with E-state index in [9.17, 15) is 14.7 Å². The number of likely N-dealkylation sites (tertiary alicyclic amines) is 1. The second kappa shape index (κ2) is 11.1. The fourth-order valence-corrected chi connectivity index (χ4v) is 5.33. The van der Waals surface area contributed by atoms with Crippen molar-refractivity contribution >= 4 is 34.2 Å². The maximum Gasteiger partial charge on any atom is 0.328 e. The summed E-state index contributed by atoms with van der Waals surface area (Å²) in [6.45, 7) is 8.71. The maximum absolute atomic E-state index is 12.8. The van der Waals surface area contributed by atoms with Gasteiger partial charge in [0.15, 0.2) is 0 Å². The number of aromatic nitrogens is 2. The molecule has 200 valence electrons. The lowest BCUT2D eigenvalue weighted by molar-refractivity contribution is -0.119. The SMILES string of the molecule is CC(=O)NCC1CCCN(C2NCC(Cl)C(Nc3ccc4c(c3)n(CCC(C)(C)O)c(=O)n4C)N2)C1. The number of carbonyl (C=O) groups is 1. The number of carbonyl (C=O) groups excluding carboxylic acids is 1. The maximum atomic E-state index is 12.8. The van der Waals surface area contributed by atoms with E-state index in [0.717, 1.165) is 42.7 Å². The summed E-state index contributed by atoms with van der Waals surface area (Å²) >= 11 is 6.69. The molecule has 36 heavy (non-hydrogen) atoms. The lowest BCUT2D eigenvalue weighted by Gasteiger charge is -2.44. The van der Waals surface area contributed by atoms with E-state index >= 15 is 0 Å². The standard InChI is InChI=1S/C25H40ClN7O3/c1-16(34)27-13-17-6-5-10-32(15-17)23-28-14-19(26)22(30-23)29-18-7-8-20-21(12-18)33(24(35)31(20)4)11-9-25(2,3)36/h7-8,12,17,19,22-23,28-30,36H,5-6,9-11,13-15H2,1-4H3,(H,27,34). The first-order chi connectivity index (χ1) is 17.0. The number of amides is 1. The first-order valence-electron chi connectivity index (χ1n) is 12.8. The summed E-state index contributed by atoms with van der Waals surface area (Å²) in [6.07, 6.45) is 2.47.